The molecular weight excluding hydrogens is 305 g/mol. The Morgan fingerprint density at radius 1 is 1.18 bits per heavy atom. The van der Waals surface area contributed by atoms with Gasteiger partial charge in [0.2, 0.25) is 0 Å². The summed E-state index contributed by atoms with van der Waals surface area (Å²) in [7, 11) is 0. The van der Waals surface area contributed by atoms with Crippen molar-refractivity contribution >= 4 is 28.5 Å². The molecule has 22 heavy (non-hydrogen) atoms. The number of benzene rings is 2. The lowest BCUT2D eigenvalue weighted by molar-refractivity contribution is 0.0696. The van der Waals surface area contributed by atoms with Gasteiger partial charge < -0.3 is 5.11 Å². The SMILES string of the molecule is Cc1nc2ccc(Cl)cc2c(-c2ccc(F)cc2)c1C(=O)O. The highest BCUT2D eigenvalue weighted by atomic mass is 35.5. The summed E-state index contributed by atoms with van der Waals surface area (Å²) in [6.45, 7) is 1.64. The second-order valence-electron chi connectivity index (χ2n) is 4.92. The van der Waals surface area contributed by atoms with Gasteiger partial charge >= 0.3 is 5.97 Å². The molecule has 5 heteroatoms. The quantitative estimate of drug-likeness (QED) is 0.745. The fraction of sp³-hybridized carbons (Fsp3) is 0.0588. The Morgan fingerprint density at radius 2 is 1.86 bits per heavy atom. The van der Waals surface area contributed by atoms with E-state index in [1.165, 1.54) is 12.1 Å². The Morgan fingerprint density at radius 3 is 2.50 bits per heavy atom. The fourth-order valence-electron chi connectivity index (χ4n) is 2.54. The van der Waals surface area contributed by atoms with Crippen LogP contribution < -0.4 is 0 Å². The average Bonchev–Trinajstić information content (AvgIpc) is 2.47. The number of halogens is 2. The summed E-state index contributed by atoms with van der Waals surface area (Å²) < 4.78 is 13.2. The van der Waals surface area contributed by atoms with Gasteiger partial charge in [-0.15, -0.1) is 0 Å². The van der Waals surface area contributed by atoms with Crippen LogP contribution in [-0.4, -0.2) is 16.1 Å². The Hall–Kier alpha value is -2.46. The first-order chi connectivity index (χ1) is 10.5. The molecule has 1 heterocycles. The van der Waals surface area contributed by atoms with E-state index in [2.05, 4.69) is 4.98 Å². The Kier molecular flexibility index (Phi) is 3.54. The number of aromatic carboxylic acids is 1. The number of hydrogen-bond donors (Lipinski definition) is 1. The fourth-order valence-corrected chi connectivity index (χ4v) is 2.71. The Labute approximate surface area is 131 Å². The molecule has 110 valence electrons. The van der Waals surface area contributed by atoms with E-state index >= 15 is 0 Å². The van der Waals surface area contributed by atoms with Crippen molar-refractivity contribution in [3.05, 3.63) is 64.6 Å². The smallest absolute Gasteiger partial charge is 0.338 e. The maximum absolute atomic E-state index is 13.2. The lowest BCUT2D eigenvalue weighted by atomic mass is 9.94. The molecule has 1 aromatic heterocycles. The van der Waals surface area contributed by atoms with Gasteiger partial charge in [0, 0.05) is 16.0 Å². The van der Waals surface area contributed by atoms with E-state index in [0.717, 1.165) is 0 Å². The first kappa shape index (κ1) is 14.5. The second-order valence-corrected chi connectivity index (χ2v) is 5.36. The number of nitrogens with zero attached hydrogens (tertiary/aromatic N) is 1. The van der Waals surface area contributed by atoms with Crippen molar-refractivity contribution in [1.29, 1.82) is 0 Å². The van der Waals surface area contributed by atoms with Crippen LogP contribution in [0.1, 0.15) is 16.1 Å². The minimum absolute atomic E-state index is 0.0985. The molecule has 0 aliphatic carbocycles. The first-order valence-corrected chi connectivity index (χ1v) is 6.94. The normalized spacial score (nSPS) is 10.9. The van der Waals surface area contributed by atoms with Crippen molar-refractivity contribution in [3.8, 4) is 11.1 Å². The summed E-state index contributed by atoms with van der Waals surface area (Å²) in [4.78, 5) is 16.0. The molecule has 0 radical (unpaired) electrons. The summed E-state index contributed by atoms with van der Waals surface area (Å²) >= 11 is 6.04. The van der Waals surface area contributed by atoms with Crippen molar-refractivity contribution in [1.82, 2.24) is 4.98 Å². The van der Waals surface area contributed by atoms with E-state index < -0.39 is 5.97 Å². The highest BCUT2D eigenvalue weighted by Gasteiger charge is 2.20. The number of pyridine rings is 1. The number of aromatic nitrogens is 1. The summed E-state index contributed by atoms with van der Waals surface area (Å²) in [5, 5.41) is 10.7. The summed E-state index contributed by atoms with van der Waals surface area (Å²) in [5.74, 6) is -1.46. The minimum Gasteiger partial charge on any atom is -0.478 e. The third-order valence-electron chi connectivity index (χ3n) is 3.47. The molecule has 1 N–H and O–H groups in total. The molecule has 0 spiro atoms. The van der Waals surface area contributed by atoms with Crippen molar-refractivity contribution in [2.75, 3.05) is 0 Å². The van der Waals surface area contributed by atoms with E-state index in [4.69, 9.17) is 11.6 Å². The number of carboxylic acids is 1. The van der Waals surface area contributed by atoms with Crippen LogP contribution >= 0.6 is 11.6 Å². The van der Waals surface area contributed by atoms with Crippen molar-refractivity contribution in [2.24, 2.45) is 0 Å². The molecule has 3 nitrogen and oxygen atoms in total. The van der Waals surface area contributed by atoms with Gasteiger partial charge in [-0.05, 0) is 42.8 Å². The lowest BCUT2D eigenvalue weighted by Crippen LogP contribution is -2.06. The highest BCUT2D eigenvalue weighted by Crippen LogP contribution is 2.34. The van der Waals surface area contributed by atoms with Gasteiger partial charge in [-0.25, -0.2) is 9.18 Å². The number of aryl methyl sites for hydroxylation is 1. The Balaban J connectivity index is 2.47. The molecular formula is C17H11ClFNO2. The van der Waals surface area contributed by atoms with E-state index in [1.807, 2.05) is 0 Å². The highest BCUT2D eigenvalue weighted by molar-refractivity contribution is 6.31. The molecule has 0 aliphatic heterocycles. The molecule has 0 bridgehead atoms. The number of carbonyl (C=O) groups is 1. The molecule has 0 amide bonds. The molecule has 0 fully saturated rings. The predicted molar refractivity (Wildman–Crippen MR) is 83.8 cm³/mol. The van der Waals surface area contributed by atoms with Crippen molar-refractivity contribution in [2.45, 2.75) is 6.92 Å². The van der Waals surface area contributed by atoms with Gasteiger partial charge in [-0.2, -0.15) is 0 Å². The van der Waals surface area contributed by atoms with Crippen LogP contribution in [0.15, 0.2) is 42.5 Å². The van der Waals surface area contributed by atoms with E-state index in [1.54, 1.807) is 37.3 Å². The van der Waals surface area contributed by atoms with Gasteiger partial charge in [0.25, 0.3) is 0 Å². The monoisotopic (exact) mass is 315 g/mol. The van der Waals surface area contributed by atoms with Crippen molar-refractivity contribution in [3.63, 3.8) is 0 Å². The molecule has 0 saturated carbocycles. The molecule has 2 aromatic carbocycles. The number of carboxylic acid groups (broad SMARTS) is 1. The number of rotatable bonds is 2. The van der Waals surface area contributed by atoms with E-state index in [9.17, 15) is 14.3 Å². The predicted octanol–water partition coefficient (Wildman–Crippen LogP) is 4.70. The lowest BCUT2D eigenvalue weighted by Gasteiger charge is -2.13. The molecule has 0 saturated heterocycles. The van der Waals surface area contributed by atoms with Crippen LogP contribution in [0.5, 0.6) is 0 Å². The van der Waals surface area contributed by atoms with Crippen LogP contribution in [0.25, 0.3) is 22.0 Å². The van der Waals surface area contributed by atoms with Crippen LogP contribution in [0.4, 0.5) is 4.39 Å². The summed E-state index contributed by atoms with van der Waals surface area (Å²) in [6, 6.07) is 10.8. The van der Waals surface area contributed by atoms with Gasteiger partial charge in [0.15, 0.2) is 0 Å². The van der Waals surface area contributed by atoms with Crippen LogP contribution in [0.3, 0.4) is 0 Å². The Bertz CT molecular complexity index is 891. The second kappa shape index (κ2) is 5.39. The van der Waals surface area contributed by atoms with Gasteiger partial charge in [-0.3, -0.25) is 4.98 Å². The molecule has 0 aliphatic rings. The number of hydrogen-bond acceptors (Lipinski definition) is 2. The molecule has 0 unspecified atom stereocenters. The van der Waals surface area contributed by atoms with E-state index in [0.29, 0.717) is 32.7 Å². The average molecular weight is 316 g/mol. The zero-order valence-corrected chi connectivity index (χ0v) is 12.4. The van der Waals surface area contributed by atoms with E-state index in [-0.39, 0.29) is 11.4 Å². The number of fused-ring (bicyclic) bond motifs is 1. The third-order valence-corrected chi connectivity index (χ3v) is 3.71. The maximum Gasteiger partial charge on any atom is 0.338 e. The molecule has 3 aromatic rings. The van der Waals surface area contributed by atoms with Gasteiger partial charge in [0.05, 0.1) is 16.8 Å². The zero-order valence-electron chi connectivity index (χ0n) is 11.6. The van der Waals surface area contributed by atoms with Crippen LogP contribution in [-0.2, 0) is 0 Å². The van der Waals surface area contributed by atoms with Gasteiger partial charge in [0.1, 0.15) is 5.82 Å². The van der Waals surface area contributed by atoms with Crippen LogP contribution in [0, 0.1) is 12.7 Å². The topological polar surface area (TPSA) is 50.2 Å². The third kappa shape index (κ3) is 2.42. The summed E-state index contributed by atoms with van der Waals surface area (Å²) in [6.07, 6.45) is 0. The first-order valence-electron chi connectivity index (χ1n) is 6.56. The zero-order chi connectivity index (χ0) is 15.9. The largest absolute Gasteiger partial charge is 0.478 e. The minimum atomic E-state index is -1.08. The molecule has 0 atom stereocenters. The molecule has 3 rings (SSSR count). The maximum atomic E-state index is 13.2. The standard InChI is InChI=1S/C17H11ClFNO2/c1-9-15(17(21)22)16(10-2-5-12(19)6-3-10)13-8-11(18)4-7-14(13)20-9/h2-8H,1H3,(H,21,22). The van der Waals surface area contributed by atoms with Crippen molar-refractivity contribution < 1.29 is 14.3 Å². The van der Waals surface area contributed by atoms with Crippen LogP contribution in [0.2, 0.25) is 5.02 Å². The summed E-state index contributed by atoms with van der Waals surface area (Å²) in [5.41, 5.74) is 2.25. The van der Waals surface area contributed by atoms with Gasteiger partial charge in [-0.1, -0.05) is 23.7 Å².